The lowest BCUT2D eigenvalue weighted by atomic mass is 10.2. The highest BCUT2D eigenvalue weighted by atomic mass is 35.5. The summed E-state index contributed by atoms with van der Waals surface area (Å²) >= 11 is 6.01. The van der Waals surface area contributed by atoms with Crippen LogP contribution in [-0.2, 0) is 6.54 Å². The van der Waals surface area contributed by atoms with Crippen LogP contribution in [-0.4, -0.2) is 24.5 Å². The quantitative estimate of drug-likeness (QED) is 0.806. The largest absolute Gasteiger partial charge is 0.347 e. The van der Waals surface area contributed by atoms with E-state index in [9.17, 15) is 4.79 Å². The third kappa shape index (κ3) is 2.46. The topological polar surface area (TPSA) is 68.5 Å². The molecule has 6 nitrogen and oxygen atoms in total. The number of aromatic nitrogens is 5. The standard InChI is InChI=1S/C15H16ClN5O/c1-9-10(2)19-20(11(9)3)8-14-17-18-15(22)21(14)13-6-4-5-12(16)7-13/h4-7H,8H2,1-3H3,(H,18,22). The summed E-state index contributed by atoms with van der Waals surface area (Å²) in [7, 11) is 0. The fourth-order valence-electron chi connectivity index (χ4n) is 2.39. The van der Waals surface area contributed by atoms with E-state index < -0.39 is 0 Å². The Hall–Kier alpha value is -2.34. The maximum atomic E-state index is 12.1. The third-order valence-electron chi connectivity index (χ3n) is 3.84. The van der Waals surface area contributed by atoms with E-state index >= 15 is 0 Å². The highest BCUT2D eigenvalue weighted by molar-refractivity contribution is 6.30. The summed E-state index contributed by atoms with van der Waals surface area (Å²) in [4.78, 5) is 12.1. The van der Waals surface area contributed by atoms with Gasteiger partial charge in [0.15, 0.2) is 5.82 Å². The molecule has 0 aliphatic carbocycles. The van der Waals surface area contributed by atoms with E-state index in [-0.39, 0.29) is 5.69 Å². The molecular formula is C15H16ClN5O. The molecule has 3 aromatic rings. The Kier molecular flexibility index (Phi) is 3.62. The molecule has 0 amide bonds. The number of hydrogen-bond acceptors (Lipinski definition) is 3. The normalized spacial score (nSPS) is 11.1. The monoisotopic (exact) mass is 317 g/mol. The first-order valence-electron chi connectivity index (χ1n) is 6.90. The van der Waals surface area contributed by atoms with E-state index in [1.165, 1.54) is 4.57 Å². The second-order valence-electron chi connectivity index (χ2n) is 5.21. The Balaban J connectivity index is 2.06. The van der Waals surface area contributed by atoms with Gasteiger partial charge in [-0.3, -0.25) is 4.68 Å². The summed E-state index contributed by atoms with van der Waals surface area (Å²) in [6.45, 7) is 6.41. The van der Waals surface area contributed by atoms with Gasteiger partial charge in [0.25, 0.3) is 0 Å². The number of hydrogen-bond donors (Lipinski definition) is 1. The van der Waals surface area contributed by atoms with E-state index in [1.807, 2.05) is 31.5 Å². The number of nitrogens with one attached hydrogen (secondary N) is 1. The smallest absolute Gasteiger partial charge is 0.262 e. The van der Waals surface area contributed by atoms with Crippen molar-refractivity contribution in [3.63, 3.8) is 0 Å². The SMILES string of the molecule is Cc1nn(Cc2n[nH]c(=O)n2-c2cccc(Cl)c2)c(C)c1C. The molecule has 0 aliphatic rings. The molecule has 7 heteroatoms. The summed E-state index contributed by atoms with van der Waals surface area (Å²) in [6.07, 6.45) is 0. The molecule has 1 N–H and O–H groups in total. The zero-order valence-electron chi connectivity index (χ0n) is 12.6. The minimum atomic E-state index is -0.296. The molecule has 114 valence electrons. The van der Waals surface area contributed by atoms with Crippen molar-refractivity contribution in [1.29, 1.82) is 0 Å². The lowest BCUT2D eigenvalue weighted by Crippen LogP contribution is -2.18. The summed E-state index contributed by atoms with van der Waals surface area (Å²) in [6, 6.07) is 7.11. The molecule has 1 aromatic carbocycles. The first kappa shape index (κ1) is 14.6. The zero-order valence-corrected chi connectivity index (χ0v) is 13.3. The molecule has 0 spiro atoms. The highest BCUT2D eigenvalue weighted by Crippen LogP contribution is 2.16. The van der Waals surface area contributed by atoms with Gasteiger partial charge in [0.1, 0.15) is 6.54 Å². The average Bonchev–Trinajstić information content (AvgIpc) is 2.95. The Morgan fingerprint density at radius 1 is 1.27 bits per heavy atom. The molecule has 0 saturated carbocycles. The van der Waals surface area contributed by atoms with Gasteiger partial charge in [0, 0.05) is 10.7 Å². The molecule has 0 saturated heterocycles. The van der Waals surface area contributed by atoms with Crippen LogP contribution in [0.2, 0.25) is 5.02 Å². The Labute approximate surface area is 132 Å². The van der Waals surface area contributed by atoms with Crippen LogP contribution in [0.5, 0.6) is 0 Å². The summed E-state index contributed by atoms with van der Waals surface area (Å²) in [5.74, 6) is 0.581. The predicted molar refractivity (Wildman–Crippen MR) is 84.7 cm³/mol. The van der Waals surface area contributed by atoms with Crippen molar-refractivity contribution < 1.29 is 0 Å². The Morgan fingerprint density at radius 3 is 2.68 bits per heavy atom. The maximum absolute atomic E-state index is 12.1. The molecule has 3 rings (SSSR count). The van der Waals surface area contributed by atoms with Crippen LogP contribution in [0.4, 0.5) is 0 Å². The van der Waals surface area contributed by atoms with Crippen LogP contribution in [0.3, 0.4) is 0 Å². The van der Waals surface area contributed by atoms with Crippen molar-refractivity contribution in [3.8, 4) is 5.69 Å². The van der Waals surface area contributed by atoms with Crippen molar-refractivity contribution in [1.82, 2.24) is 24.5 Å². The van der Waals surface area contributed by atoms with Crippen molar-refractivity contribution in [3.05, 3.63) is 62.5 Å². The lowest BCUT2D eigenvalue weighted by Gasteiger charge is -2.07. The minimum absolute atomic E-state index is 0.296. The van der Waals surface area contributed by atoms with Gasteiger partial charge in [-0.1, -0.05) is 17.7 Å². The molecule has 0 unspecified atom stereocenters. The number of H-pyrrole nitrogens is 1. The minimum Gasteiger partial charge on any atom is -0.262 e. The van der Waals surface area contributed by atoms with E-state index in [2.05, 4.69) is 15.3 Å². The molecular weight excluding hydrogens is 302 g/mol. The van der Waals surface area contributed by atoms with Crippen LogP contribution in [0.1, 0.15) is 22.8 Å². The maximum Gasteiger partial charge on any atom is 0.347 e. The van der Waals surface area contributed by atoms with E-state index in [4.69, 9.17) is 11.6 Å². The van der Waals surface area contributed by atoms with E-state index in [0.29, 0.717) is 23.1 Å². The Morgan fingerprint density at radius 2 is 2.05 bits per heavy atom. The van der Waals surface area contributed by atoms with Crippen molar-refractivity contribution >= 4 is 11.6 Å². The van der Waals surface area contributed by atoms with Gasteiger partial charge in [-0.2, -0.15) is 10.2 Å². The molecule has 2 heterocycles. The predicted octanol–water partition coefficient (Wildman–Crippen LogP) is 2.38. The molecule has 22 heavy (non-hydrogen) atoms. The summed E-state index contributed by atoms with van der Waals surface area (Å²) in [5, 5.41) is 11.7. The molecule has 0 aliphatic heterocycles. The Bertz CT molecular complexity index is 890. The van der Waals surface area contributed by atoms with Gasteiger partial charge in [-0.25, -0.2) is 14.5 Å². The van der Waals surface area contributed by atoms with Gasteiger partial charge in [-0.15, -0.1) is 0 Å². The molecule has 0 fully saturated rings. The number of aromatic amines is 1. The third-order valence-corrected chi connectivity index (χ3v) is 4.08. The first-order chi connectivity index (χ1) is 10.5. The summed E-state index contributed by atoms with van der Waals surface area (Å²) < 4.78 is 3.36. The van der Waals surface area contributed by atoms with Gasteiger partial charge < -0.3 is 0 Å². The van der Waals surface area contributed by atoms with Gasteiger partial charge in [0.05, 0.1) is 11.4 Å². The van der Waals surface area contributed by atoms with Gasteiger partial charge >= 0.3 is 5.69 Å². The summed E-state index contributed by atoms with van der Waals surface area (Å²) in [5.41, 5.74) is 3.57. The molecule has 2 aromatic heterocycles. The fraction of sp³-hybridized carbons (Fsp3) is 0.267. The average molecular weight is 318 g/mol. The fourth-order valence-corrected chi connectivity index (χ4v) is 2.58. The van der Waals surface area contributed by atoms with Gasteiger partial charge in [0.2, 0.25) is 0 Å². The number of nitrogens with zero attached hydrogens (tertiary/aromatic N) is 4. The second-order valence-corrected chi connectivity index (χ2v) is 5.65. The second kappa shape index (κ2) is 5.46. The lowest BCUT2D eigenvalue weighted by molar-refractivity contribution is 0.621. The van der Waals surface area contributed by atoms with Crippen LogP contribution < -0.4 is 5.69 Å². The number of aryl methyl sites for hydroxylation is 1. The molecule has 0 bridgehead atoms. The van der Waals surface area contributed by atoms with Crippen LogP contribution in [0.15, 0.2) is 29.1 Å². The van der Waals surface area contributed by atoms with E-state index in [1.54, 1.807) is 18.2 Å². The van der Waals surface area contributed by atoms with Crippen LogP contribution in [0, 0.1) is 20.8 Å². The zero-order chi connectivity index (χ0) is 15.9. The molecule has 0 atom stereocenters. The molecule has 0 radical (unpaired) electrons. The van der Waals surface area contributed by atoms with Crippen LogP contribution in [0.25, 0.3) is 5.69 Å². The van der Waals surface area contributed by atoms with Crippen molar-refractivity contribution in [2.24, 2.45) is 0 Å². The van der Waals surface area contributed by atoms with Gasteiger partial charge in [-0.05, 0) is 44.5 Å². The highest BCUT2D eigenvalue weighted by Gasteiger charge is 2.14. The number of benzene rings is 1. The van der Waals surface area contributed by atoms with Crippen molar-refractivity contribution in [2.45, 2.75) is 27.3 Å². The number of halogens is 1. The first-order valence-corrected chi connectivity index (χ1v) is 7.28. The number of rotatable bonds is 3. The van der Waals surface area contributed by atoms with Crippen molar-refractivity contribution in [2.75, 3.05) is 0 Å². The van der Waals surface area contributed by atoms with E-state index in [0.717, 1.165) is 17.0 Å². The van der Waals surface area contributed by atoms with Crippen LogP contribution >= 0.6 is 11.6 Å².